The van der Waals surface area contributed by atoms with Crippen LogP contribution in [0.1, 0.15) is 13.8 Å². The fourth-order valence-electron chi connectivity index (χ4n) is 1.19. The Hall–Kier alpha value is -1.84. The molecular weight excluding hydrogens is 192 g/mol. The van der Waals surface area contributed by atoms with Gasteiger partial charge in [0.2, 0.25) is 11.8 Å². The summed E-state index contributed by atoms with van der Waals surface area (Å²) in [6.07, 6.45) is 3.22. The third-order valence-electron chi connectivity index (χ3n) is 1.73. The Morgan fingerprint density at radius 1 is 1.33 bits per heavy atom. The zero-order valence-electron chi connectivity index (χ0n) is 8.68. The summed E-state index contributed by atoms with van der Waals surface area (Å²) in [7, 11) is 0. The van der Waals surface area contributed by atoms with Crippen LogP contribution < -0.4 is 4.74 Å². The molecule has 0 aliphatic rings. The number of aromatic nitrogens is 2. The summed E-state index contributed by atoms with van der Waals surface area (Å²) in [4.78, 5) is 8.30. The van der Waals surface area contributed by atoms with E-state index in [1.165, 1.54) is 6.26 Å². The molecule has 78 valence electrons. The normalized spacial score (nSPS) is 10.6. The van der Waals surface area contributed by atoms with Gasteiger partial charge in [0.15, 0.2) is 0 Å². The molecule has 0 unspecified atom stereocenters. The molecular formula is C11H12N2O2. The smallest absolute Gasteiger partial charge is 0.245 e. The summed E-state index contributed by atoms with van der Waals surface area (Å²) in [5.41, 5.74) is 0.679. The highest BCUT2D eigenvalue weighted by atomic mass is 16.5. The first-order valence-electron chi connectivity index (χ1n) is 4.79. The zero-order chi connectivity index (χ0) is 10.7. The van der Waals surface area contributed by atoms with Gasteiger partial charge in [0.25, 0.3) is 0 Å². The highest BCUT2D eigenvalue weighted by molar-refractivity contribution is 5.47. The van der Waals surface area contributed by atoms with Gasteiger partial charge in [-0.2, -0.15) is 0 Å². The van der Waals surface area contributed by atoms with Gasteiger partial charge in [0.1, 0.15) is 12.0 Å². The summed E-state index contributed by atoms with van der Waals surface area (Å²) < 4.78 is 10.6. The first kappa shape index (κ1) is 9.71. The van der Waals surface area contributed by atoms with Gasteiger partial charge in [-0.15, -0.1) is 0 Å². The second-order valence-corrected chi connectivity index (χ2v) is 3.36. The van der Waals surface area contributed by atoms with Crippen molar-refractivity contribution >= 4 is 0 Å². The van der Waals surface area contributed by atoms with Gasteiger partial charge in [-0.25, -0.2) is 9.97 Å². The predicted molar refractivity (Wildman–Crippen MR) is 55.5 cm³/mol. The number of ether oxygens (including phenoxy) is 1. The number of hydrogen-bond donors (Lipinski definition) is 0. The topological polar surface area (TPSA) is 48.2 Å². The van der Waals surface area contributed by atoms with E-state index in [0.717, 1.165) is 0 Å². The van der Waals surface area contributed by atoms with Crippen molar-refractivity contribution < 1.29 is 9.15 Å². The first-order valence-corrected chi connectivity index (χ1v) is 4.79. The number of hydrogen-bond acceptors (Lipinski definition) is 4. The van der Waals surface area contributed by atoms with E-state index in [1.54, 1.807) is 6.20 Å². The van der Waals surface area contributed by atoms with Crippen LogP contribution in [0.3, 0.4) is 0 Å². The Labute approximate surface area is 87.9 Å². The van der Waals surface area contributed by atoms with Crippen LogP contribution in [0.25, 0.3) is 11.6 Å². The lowest BCUT2D eigenvalue weighted by Gasteiger charge is -2.08. The van der Waals surface area contributed by atoms with E-state index in [1.807, 2.05) is 32.0 Å². The average molecular weight is 204 g/mol. The van der Waals surface area contributed by atoms with Gasteiger partial charge in [-0.3, -0.25) is 0 Å². The van der Waals surface area contributed by atoms with Gasteiger partial charge in [-0.1, -0.05) is 6.07 Å². The molecule has 2 heterocycles. The molecule has 0 atom stereocenters. The van der Waals surface area contributed by atoms with E-state index < -0.39 is 0 Å². The van der Waals surface area contributed by atoms with Crippen molar-refractivity contribution in [2.24, 2.45) is 0 Å². The van der Waals surface area contributed by atoms with Crippen LogP contribution in [0, 0.1) is 0 Å². The minimum Gasteiger partial charge on any atom is -0.475 e. The largest absolute Gasteiger partial charge is 0.475 e. The van der Waals surface area contributed by atoms with Crippen LogP contribution in [0.15, 0.2) is 35.1 Å². The van der Waals surface area contributed by atoms with Crippen molar-refractivity contribution in [1.82, 2.24) is 9.97 Å². The molecule has 0 amide bonds. The van der Waals surface area contributed by atoms with Crippen molar-refractivity contribution in [2.45, 2.75) is 20.0 Å². The van der Waals surface area contributed by atoms with Crippen LogP contribution >= 0.6 is 0 Å². The molecule has 0 saturated carbocycles. The third-order valence-corrected chi connectivity index (χ3v) is 1.73. The molecule has 4 heteroatoms. The molecule has 0 saturated heterocycles. The van der Waals surface area contributed by atoms with E-state index in [0.29, 0.717) is 17.5 Å². The van der Waals surface area contributed by atoms with Crippen LogP contribution in [0.5, 0.6) is 5.88 Å². The second-order valence-electron chi connectivity index (χ2n) is 3.36. The summed E-state index contributed by atoms with van der Waals surface area (Å²) in [5.74, 6) is 1.09. The lowest BCUT2D eigenvalue weighted by molar-refractivity contribution is 0.233. The molecule has 0 bridgehead atoms. The fourth-order valence-corrected chi connectivity index (χ4v) is 1.19. The predicted octanol–water partition coefficient (Wildman–Crippen LogP) is 2.52. The van der Waals surface area contributed by atoms with Gasteiger partial charge >= 0.3 is 0 Å². The number of nitrogens with zero attached hydrogens (tertiary/aromatic N) is 2. The molecule has 0 spiro atoms. The first-order chi connectivity index (χ1) is 7.25. The van der Waals surface area contributed by atoms with Crippen molar-refractivity contribution in [1.29, 1.82) is 0 Å². The van der Waals surface area contributed by atoms with Gasteiger partial charge in [-0.05, 0) is 19.9 Å². The highest BCUT2D eigenvalue weighted by Gasteiger charge is 2.06. The van der Waals surface area contributed by atoms with Crippen LogP contribution in [0.2, 0.25) is 0 Å². The summed E-state index contributed by atoms with van der Waals surface area (Å²) >= 11 is 0. The monoisotopic (exact) mass is 204 g/mol. The van der Waals surface area contributed by atoms with E-state index in [4.69, 9.17) is 9.15 Å². The Balaban J connectivity index is 2.27. The minimum atomic E-state index is 0.109. The summed E-state index contributed by atoms with van der Waals surface area (Å²) in [5, 5.41) is 0. The Morgan fingerprint density at radius 2 is 2.20 bits per heavy atom. The average Bonchev–Trinajstić information content (AvgIpc) is 2.69. The summed E-state index contributed by atoms with van der Waals surface area (Å²) in [6, 6.07) is 5.51. The molecule has 0 N–H and O–H groups in total. The van der Waals surface area contributed by atoms with Gasteiger partial charge < -0.3 is 9.15 Å². The van der Waals surface area contributed by atoms with Crippen molar-refractivity contribution in [2.75, 3.05) is 0 Å². The Bertz CT molecular complexity index is 424. The Morgan fingerprint density at radius 3 is 2.87 bits per heavy atom. The standard InChI is InChI=1S/C11H12N2O2/c1-8(2)15-10-5-3-4-9(13-10)11-12-6-7-14-11/h3-8H,1-2H3. The molecule has 0 aliphatic heterocycles. The van der Waals surface area contributed by atoms with Crippen molar-refractivity contribution in [3.8, 4) is 17.5 Å². The molecule has 2 aromatic heterocycles. The molecule has 0 aliphatic carbocycles. The lowest BCUT2D eigenvalue weighted by Crippen LogP contribution is -2.06. The van der Waals surface area contributed by atoms with Crippen LogP contribution in [0.4, 0.5) is 0 Å². The highest BCUT2D eigenvalue weighted by Crippen LogP contribution is 2.18. The number of oxazole rings is 1. The molecule has 2 rings (SSSR count). The quantitative estimate of drug-likeness (QED) is 0.770. The van der Waals surface area contributed by atoms with Gasteiger partial charge in [0, 0.05) is 6.07 Å². The molecule has 2 aromatic rings. The van der Waals surface area contributed by atoms with E-state index in [-0.39, 0.29) is 6.10 Å². The molecule has 0 radical (unpaired) electrons. The molecule has 4 nitrogen and oxygen atoms in total. The summed E-state index contributed by atoms with van der Waals surface area (Å²) in [6.45, 7) is 3.92. The maximum atomic E-state index is 5.47. The fraction of sp³-hybridized carbons (Fsp3) is 0.273. The van der Waals surface area contributed by atoms with E-state index >= 15 is 0 Å². The molecule has 15 heavy (non-hydrogen) atoms. The van der Waals surface area contributed by atoms with Crippen LogP contribution in [-0.2, 0) is 0 Å². The maximum Gasteiger partial charge on any atom is 0.245 e. The Kier molecular flexibility index (Phi) is 2.67. The number of pyridine rings is 1. The number of rotatable bonds is 3. The second kappa shape index (κ2) is 4.13. The lowest BCUT2D eigenvalue weighted by atomic mass is 10.3. The SMILES string of the molecule is CC(C)Oc1cccc(-c2ncco2)n1. The van der Waals surface area contributed by atoms with Crippen molar-refractivity contribution in [3.05, 3.63) is 30.7 Å². The minimum absolute atomic E-state index is 0.109. The zero-order valence-corrected chi connectivity index (χ0v) is 8.68. The molecule has 0 aromatic carbocycles. The maximum absolute atomic E-state index is 5.47. The van der Waals surface area contributed by atoms with Crippen molar-refractivity contribution in [3.63, 3.8) is 0 Å². The van der Waals surface area contributed by atoms with Gasteiger partial charge in [0.05, 0.1) is 12.3 Å². The molecule has 0 fully saturated rings. The third kappa shape index (κ3) is 2.34. The van der Waals surface area contributed by atoms with E-state index in [2.05, 4.69) is 9.97 Å². The van der Waals surface area contributed by atoms with E-state index in [9.17, 15) is 0 Å². The van der Waals surface area contributed by atoms with Crippen LogP contribution in [-0.4, -0.2) is 16.1 Å².